The Morgan fingerprint density at radius 2 is 1.86 bits per heavy atom. The molecule has 0 saturated carbocycles. The van der Waals surface area contributed by atoms with Gasteiger partial charge < -0.3 is 14.9 Å². The maximum atomic E-state index is 11.6. The molecular formula is C9H18N2O3. The maximum Gasteiger partial charge on any atom is 0.323 e. The highest BCUT2D eigenvalue weighted by atomic mass is 16.4. The van der Waals surface area contributed by atoms with Crippen molar-refractivity contribution in [1.29, 1.82) is 0 Å². The van der Waals surface area contributed by atoms with Gasteiger partial charge in [-0.2, -0.15) is 0 Å². The summed E-state index contributed by atoms with van der Waals surface area (Å²) < 4.78 is 0. The molecule has 2 amide bonds. The number of rotatable bonds is 5. The molecule has 0 atom stereocenters. The third-order valence-corrected chi connectivity index (χ3v) is 1.84. The van der Waals surface area contributed by atoms with E-state index >= 15 is 0 Å². The Hall–Kier alpha value is -1.26. The molecule has 0 aliphatic rings. The summed E-state index contributed by atoms with van der Waals surface area (Å²) in [6, 6.07) is -0.225. The summed E-state index contributed by atoms with van der Waals surface area (Å²) in [4.78, 5) is 24.8. The van der Waals surface area contributed by atoms with Gasteiger partial charge in [0, 0.05) is 20.1 Å². The van der Waals surface area contributed by atoms with Crippen molar-refractivity contribution in [2.75, 3.05) is 26.7 Å². The largest absolute Gasteiger partial charge is 0.480 e. The van der Waals surface area contributed by atoms with Crippen LogP contribution in [0.3, 0.4) is 0 Å². The summed E-state index contributed by atoms with van der Waals surface area (Å²) >= 11 is 0. The first-order chi connectivity index (χ1) is 6.52. The van der Waals surface area contributed by atoms with E-state index in [0.29, 0.717) is 13.1 Å². The van der Waals surface area contributed by atoms with Gasteiger partial charge in [-0.25, -0.2) is 4.79 Å². The Balaban J connectivity index is 4.19. The summed E-state index contributed by atoms with van der Waals surface area (Å²) in [5.41, 5.74) is 0. The first-order valence-corrected chi connectivity index (χ1v) is 4.74. The Kier molecular flexibility index (Phi) is 5.67. The van der Waals surface area contributed by atoms with Crippen LogP contribution in [0.1, 0.15) is 20.3 Å². The number of hydrogen-bond acceptors (Lipinski definition) is 2. The minimum atomic E-state index is -0.992. The van der Waals surface area contributed by atoms with E-state index in [1.165, 1.54) is 11.9 Å². The molecule has 0 radical (unpaired) electrons. The highest BCUT2D eigenvalue weighted by molar-refractivity contribution is 5.79. The number of urea groups is 1. The standard InChI is InChI=1S/C9H18N2O3/c1-4-6-11(5-2)9(14)10(3)7-8(12)13/h4-7H2,1-3H3,(H,12,13). The number of likely N-dealkylation sites (N-methyl/N-ethyl adjacent to an activating group) is 1. The molecule has 0 aromatic heterocycles. The van der Waals surface area contributed by atoms with Crippen LogP contribution in [0.4, 0.5) is 4.79 Å². The van der Waals surface area contributed by atoms with Gasteiger partial charge in [-0.05, 0) is 13.3 Å². The quantitative estimate of drug-likeness (QED) is 0.719. The van der Waals surface area contributed by atoms with Crippen LogP contribution >= 0.6 is 0 Å². The molecule has 0 heterocycles. The van der Waals surface area contributed by atoms with Crippen LogP contribution in [0.5, 0.6) is 0 Å². The van der Waals surface area contributed by atoms with Gasteiger partial charge in [0.2, 0.25) is 0 Å². The van der Waals surface area contributed by atoms with E-state index in [1.807, 2.05) is 13.8 Å². The first-order valence-electron chi connectivity index (χ1n) is 4.74. The first kappa shape index (κ1) is 12.7. The molecule has 0 aliphatic carbocycles. The van der Waals surface area contributed by atoms with Crippen LogP contribution in [-0.2, 0) is 4.79 Å². The predicted molar refractivity (Wildman–Crippen MR) is 53.2 cm³/mol. The number of aliphatic carboxylic acids is 1. The molecule has 0 aromatic rings. The van der Waals surface area contributed by atoms with E-state index in [2.05, 4.69) is 0 Å². The third-order valence-electron chi connectivity index (χ3n) is 1.84. The Labute approximate surface area is 84.3 Å². The van der Waals surface area contributed by atoms with E-state index in [4.69, 9.17) is 5.11 Å². The van der Waals surface area contributed by atoms with Crippen molar-refractivity contribution >= 4 is 12.0 Å². The summed E-state index contributed by atoms with van der Waals surface area (Å²) in [5.74, 6) is -0.992. The Bertz CT molecular complexity index is 206. The summed E-state index contributed by atoms with van der Waals surface area (Å²) in [6.07, 6.45) is 0.875. The number of carboxylic acid groups (broad SMARTS) is 1. The van der Waals surface area contributed by atoms with Gasteiger partial charge in [0.05, 0.1) is 0 Å². The lowest BCUT2D eigenvalue weighted by atomic mass is 10.4. The monoisotopic (exact) mass is 202 g/mol. The zero-order valence-corrected chi connectivity index (χ0v) is 8.99. The fourth-order valence-electron chi connectivity index (χ4n) is 1.17. The maximum absolute atomic E-state index is 11.6. The van der Waals surface area contributed by atoms with E-state index in [-0.39, 0.29) is 12.6 Å². The van der Waals surface area contributed by atoms with Crippen molar-refractivity contribution in [3.8, 4) is 0 Å². The average Bonchev–Trinajstić information content (AvgIpc) is 2.12. The molecular weight excluding hydrogens is 184 g/mol. The molecule has 5 nitrogen and oxygen atoms in total. The fraction of sp³-hybridized carbons (Fsp3) is 0.778. The Morgan fingerprint density at radius 1 is 1.29 bits per heavy atom. The number of carbonyl (C=O) groups is 2. The molecule has 0 unspecified atom stereocenters. The molecule has 0 fully saturated rings. The molecule has 82 valence electrons. The smallest absolute Gasteiger partial charge is 0.323 e. The molecule has 0 aliphatic heterocycles. The highest BCUT2D eigenvalue weighted by Crippen LogP contribution is 1.97. The lowest BCUT2D eigenvalue weighted by molar-refractivity contribution is -0.137. The molecule has 0 spiro atoms. The lowest BCUT2D eigenvalue weighted by Crippen LogP contribution is -2.43. The van der Waals surface area contributed by atoms with Crippen molar-refractivity contribution in [3.63, 3.8) is 0 Å². The van der Waals surface area contributed by atoms with Gasteiger partial charge in [0.25, 0.3) is 0 Å². The normalized spacial score (nSPS) is 9.64. The second-order valence-corrected chi connectivity index (χ2v) is 3.11. The molecule has 1 N–H and O–H groups in total. The Morgan fingerprint density at radius 3 is 2.21 bits per heavy atom. The number of nitrogens with zero attached hydrogens (tertiary/aromatic N) is 2. The fourth-order valence-corrected chi connectivity index (χ4v) is 1.17. The van der Waals surface area contributed by atoms with Crippen molar-refractivity contribution in [1.82, 2.24) is 9.80 Å². The number of hydrogen-bond donors (Lipinski definition) is 1. The molecule has 0 bridgehead atoms. The van der Waals surface area contributed by atoms with Crippen LogP contribution in [0.2, 0.25) is 0 Å². The van der Waals surface area contributed by atoms with Gasteiger partial charge >= 0.3 is 12.0 Å². The van der Waals surface area contributed by atoms with Crippen LogP contribution < -0.4 is 0 Å². The lowest BCUT2D eigenvalue weighted by Gasteiger charge is -2.25. The van der Waals surface area contributed by atoms with Crippen LogP contribution in [0, 0.1) is 0 Å². The third kappa shape index (κ3) is 4.11. The number of carbonyl (C=O) groups excluding carboxylic acids is 1. The zero-order valence-electron chi connectivity index (χ0n) is 8.99. The van der Waals surface area contributed by atoms with Crippen LogP contribution in [0.15, 0.2) is 0 Å². The van der Waals surface area contributed by atoms with E-state index in [0.717, 1.165) is 6.42 Å². The molecule has 0 rings (SSSR count). The SMILES string of the molecule is CCCN(CC)C(=O)N(C)CC(=O)O. The average molecular weight is 202 g/mol. The summed E-state index contributed by atoms with van der Waals surface area (Å²) in [6.45, 7) is 4.88. The van der Waals surface area contributed by atoms with Gasteiger partial charge in [-0.15, -0.1) is 0 Å². The van der Waals surface area contributed by atoms with Crippen LogP contribution in [-0.4, -0.2) is 53.6 Å². The topological polar surface area (TPSA) is 60.9 Å². The van der Waals surface area contributed by atoms with Gasteiger partial charge in [-0.1, -0.05) is 6.92 Å². The van der Waals surface area contributed by atoms with E-state index < -0.39 is 5.97 Å². The molecule has 5 heteroatoms. The minimum Gasteiger partial charge on any atom is -0.480 e. The number of carboxylic acids is 1. The van der Waals surface area contributed by atoms with Gasteiger partial charge in [-0.3, -0.25) is 4.79 Å². The second-order valence-electron chi connectivity index (χ2n) is 3.11. The highest BCUT2D eigenvalue weighted by Gasteiger charge is 2.17. The van der Waals surface area contributed by atoms with Crippen molar-refractivity contribution in [3.05, 3.63) is 0 Å². The zero-order chi connectivity index (χ0) is 11.1. The van der Waals surface area contributed by atoms with E-state index in [1.54, 1.807) is 4.90 Å². The minimum absolute atomic E-state index is 0.225. The number of amides is 2. The van der Waals surface area contributed by atoms with Crippen molar-refractivity contribution in [2.45, 2.75) is 20.3 Å². The van der Waals surface area contributed by atoms with Gasteiger partial charge in [0.15, 0.2) is 0 Å². The van der Waals surface area contributed by atoms with Crippen molar-refractivity contribution < 1.29 is 14.7 Å². The molecule has 0 aromatic carbocycles. The summed E-state index contributed by atoms with van der Waals surface area (Å²) in [5, 5.41) is 8.50. The summed E-state index contributed by atoms with van der Waals surface area (Å²) in [7, 11) is 1.49. The molecule has 14 heavy (non-hydrogen) atoms. The van der Waals surface area contributed by atoms with E-state index in [9.17, 15) is 9.59 Å². The van der Waals surface area contributed by atoms with Gasteiger partial charge in [0.1, 0.15) is 6.54 Å². The second kappa shape index (κ2) is 6.23. The van der Waals surface area contributed by atoms with Crippen molar-refractivity contribution in [2.24, 2.45) is 0 Å². The predicted octanol–water partition coefficient (Wildman–Crippen LogP) is 0.855. The molecule has 0 saturated heterocycles. The van der Waals surface area contributed by atoms with Crippen LogP contribution in [0.25, 0.3) is 0 Å².